The summed E-state index contributed by atoms with van der Waals surface area (Å²) < 4.78 is 17.3. The predicted octanol–water partition coefficient (Wildman–Crippen LogP) is 2.07. The van der Waals surface area contributed by atoms with Crippen molar-refractivity contribution in [1.82, 2.24) is 9.97 Å². The molecule has 0 bridgehead atoms. The van der Waals surface area contributed by atoms with Crippen LogP contribution in [0.4, 0.5) is 4.39 Å². The van der Waals surface area contributed by atoms with Gasteiger partial charge in [0.25, 0.3) is 0 Å². The summed E-state index contributed by atoms with van der Waals surface area (Å²) in [7, 11) is 1.30. The third-order valence-electron chi connectivity index (χ3n) is 2.18. The van der Waals surface area contributed by atoms with Crippen molar-refractivity contribution < 1.29 is 13.9 Å². The summed E-state index contributed by atoms with van der Waals surface area (Å²) in [6.07, 6.45) is 4.06. The summed E-state index contributed by atoms with van der Waals surface area (Å²) >= 11 is 0. The van der Waals surface area contributed by atoms with Crippen LogP contribution < -0.4 is 0 Å². The Morgan fingerprint density at radius 2 is 2.12 bits per heavy atom. The lowest BCUT2D eigenvalue weighted by molar-refractivity contribution is 0.0600. The molecule has 2 heterocycles. The topological polar surface area (TPSA) is 52.1 Å². The summed E-state index contributed by atoms with van der Waals surface area (Å²) in [5, 5.41) is 0. The highest BCUT2D eigenvalue weighted by Crippen LogP contribution is 2.17. The second-order valence-electron chi connectivity index (χ2n) is 3.32. The van der Waals surface area contributed by atoms with Crippen LogP contribution in [0.2, 0.25) is 0 Å². The number of carbonyl (C=O) groups excluding carboxylic acids is 1. The van der Waals surface area contributed by atoms with E-state index >= 15 is 0 Å². The van der Waals surface area contributed by atoms with E-state index in [4.69, 9.17) is 0 Å². The number of esters is 1. The number of ether oxygens (including phenoxy) is 1. The highest BCUT2D eigenvalue weighted by molar-refractivity contribution is 5.90. The quantitative estimate of drug-likeness (QED) is 0.744. The molecule has 0 aliphatic carbocycles. The van der Waals surface area contributed by atoms with Crippen molar-refractivity contribution in [2.75, 3.05) is 7.11 Å². The number of halogens is 1. The summed E-state index contributed by atoms with van der Waals surface area (Å²) in [5.74, 6) is -0.882. The Kier molecular flexibility index (Phi) is 3.09. The lowest BCUT2D eigenvalue weighted by Crippen LogP contribution is -2.02. The first-order valence-corrected chi connectivity index (χ1v) is 4.86. The van der Waals surface area contributed by atoms with Gasteiger partial charge in [0.15, 0.2) is 0 Å². The largest absolute Gasteiger partial charge is 0.465 e. The molecule has 0 radical (unpaired) electrons. The lowest BCUT2D eigenvalue weighted by atomic mass is 10.1. The molecular weight excluding hydrogens is 223 g/mol. The van der Waals surface area contributed by atoms with E-state index in [0.29, 0.717) is 16.8 Å². The van der Waals surface area contributed by atoms with Gasteiger partial charge in [-0.15, -0.1) is 0 Å². The molecule has 0 aliphatic rings. The average Bonchev–Trinajstić information content (AvgIpc) is 2.39. The average molecular weight is 232 g/mol. The van der Waals surface area contributed by atoms with Gasteiger partial charge in [-0.2, -0.15) is 0 Å². The van der Waals surface area contributed by atoms with E-state index in [1.165, 1.54) is 25.4 Å². The highest BCUT2D eigenvalue weighted by atomic mass is 19.1. The van der Waals surface area contributed by atoms with Crippen molar-refractivity contribution in [3.05, 3.63) is 48.2 Å². The molecule has 0 fully saturated rings. The zero-order chi connectivity index (χ0) is 12.3. The van der Waals surface area contributed by atoms with E-state index in [9.17, 15) is 9.18 Å². The maximum absolute atomic E-state index is 12.7. The maximum atomic E-state index is 12.7. The fourth-order valence-electron chi connectivity index (χ4n) is 1.36. The van der Waals surface area contributed by atoms with Gasteiger partial charge in [-0.1, -0.05) is 0 Å². The first-order valence-electron chi connectivity index (χ1n) is 4.86. The maximum Gasteiger partial charge on any atom is 0.339 e. The SMILES string of the molecule is COC(=O)c1cncc(-c2ccc(F)cn2)c1. The third kappa shape index (κ3) is 2.44. The highest BCUT2D eigenvalue weighted by Gasteiger charge is 2.08. The predicted molar refractivity (Wildman–Crippen MR) is 58.8 cm³/mol. The fraction of sp³-hybridized carbons (Fsp3) is 0.0833. The van der Waals surface area contributed by atoms with Gasteiger partial charge in [0.05, 0.1) is 24.6 Å². The number of carbonyl (C=O) groups is 1. The van der Waals surface area contributed by atoms with E-state index in [0.717, 1.165) is 6.20 Å². The summed E-state index contributed by atoms with van der Waals surface area (Å²) in [5.41, 5.74) is 1.51. The Hall–Kier alpha value is -2.30. The smallest absolute Gasteiger partial charge is 0.339 e. The number of rotatable bonds is 2. The molecule has 0 spiro atoms. The van der Waals surface area contributed by atoms with Gasteiger partial charge in [-0.05, 0) is 18.2 Å². The normalized spacial score (nSPS) is 10.0. The van der Waals surface area contributed by atoms with Crippen LogP contribution in [0.25, 0.3) is 11.3 Å². The van der Waals surface area contributed by atoms with E-state index in [2.05, 4.69) is 14.7 Å². The number of aromatic nitrogens is 2. The van der Waals surface area contributed by atoms with Crippen LogP contribution in [0, 0.1) is 5.82 Å². The van der Waals surface area contributed by atoms with Crippen molar-refractivity contribution in [2.45, 2.75) is 0 Å². The molecule has 0 saturated carbocycles. The molecule has 2 aromatic rings. The minimum atomic E-state index is -0.471. The van der Waals surface area contributed by atoms with Gasteiger partial charge < -0.3 is 4.74 Å². The molecule has 4 nitrogen and oxygen atoms in total. The van der Waals surface area contributed by atoms with Gasteiger partial charge in [0, 0.05) is 18.0 Å². The Balaban J connectivity index is 2.39. The number of pyridine rings is 2. The van der Waals surface area contributed by atoms with Gasteiger partial charge in [0.1, 0.15) is 5.82 Å². The fourth-order valence-corrected chi connectivity index (χ4v) is 1.36. The standard InChI is InChI=1S/C12H9FN2O2/c1-17-12(16)9-4-8(5-14-6-9)11-3-2-10(13)7-15-11/h2-7H,1H3. The van der Waals surface area contributed by atoms with E-state index < -0.39 is 11.8 Å². The van der Waals surface area contributed by atoms with Gasteiger partial charge in [-0.25, -0.2) is 9.18 Å². The molecule has 0 aliphatic heterocycles. The number of hydrogen-bond acceptors (Lipinski definition) is 4. The second kappa shape index (κ2) is 4.69. The zero-order valence-corrected chi connectivity index (χ0v) is 9.05. The van der Waals surface area contributed by atoms with Crippen molar-refractivity contribution in [1.29, 1.82) is 0 Å². The van der Waals surface area contributed by atoms with Gasteiger partial charge in [0.2, 0.25) is 0 Å². The minimum absolute atomic E-state index is 0.330. The Morgan fingerprint density at radius 1 is 1.29 bits per heavy atom. The van der Waals surface area contributed by atoms with Crippen LogP contribution in [0.5, 0.6) is 0 Å². The van der Waals surface area contributed by atoms with Crippen molar-refractivity contribution in [2.24, 2.45) is 0 Å². The first-order chi connectivity index (χ1) is 8.20. The lowest BCUT2D eigenvalue weighted by Gasteiger charge is -2.02. The molecule has 5 heteroatoms. The number of methoxy groups -OCH3 is 1. The molecule has 86 valence electrons. The molecule has 0 N–H and O–H groups in total. The molecule has 2 aromatic heterocycles. The molecule has 0 atom stereocenters. The molecule has 2 rings (SSSR count). The number of nitrogens with zero attached hydrogens (tertiary/aromatic N) is 2. The first kappa shape index (κ1) is 11.2. The molecule has 0 saturated heterocycles. The van der Waals surface area contributed by atoms with Crippen LogP contribution in [0.3, 0.4) is 0 Å². The summed E-state index contributed by atoms with van der Waals surface area (Å²) in [6.45, 7) is 0. The third-order valence-corrected chi connectivity index (χ3v) is 2.18. The van der Waals surface area contributed by atoms with Crippen LogP contribution in [0.15, 0.2) is 36.8 Å². The minimum Gasteiger partial charge on any atom is -0.465 e. The van der Waals surface area contributed by atoms with E-state index in [1.807, 2.05) is 0 Å². The Morgan fingerprint density at radius 3 is 2.76 bits per heavy atom. The Bertz CT molecular complexity index is 540. The molecular formula is C12H9FN2O2. The van der Waals surface area contributed by atoms with E-state index in [-0.39, 0.29) is 0 Å². The summed E-state index contributed by atoms with van der Waals surface area (Å²) in [6, 6.07) is 4.42. The van der Waals surface area contributed by atoms with Crippen molar-refractivity contribution >= 4 is 5.97 Å². The monoisotopic (exact) mass is 232 g/mol. The number of hydrogen-bond donors (Lipinski definition) is 0. The van der Waals surface area contributed by atoms with Crippen LogP contribution in [0.1, 0.15) is 10.4 Å². The summed E-state index contributed by atoms with van der Waals surface area (Å²) in [4.78, 5) is 19.1. The van der Waals surface area contributed by atoms with E-state index in [1.54, 1.807) is 12.3 Å². The molecule has 0 amide bonds. The zero-order valence-electron chi connectivity index (χ0n) is 9.05. The van der Waals surface area contributed by atoms with Gasteiger partial charge >= 0.3 is 5.97 Å². The Labute approximate surface area is 97.1 Å². The molecule has 17 heavy (non-hydrogen) atoms. The van der Waals surface area contributed by atoms with Gasteiger partial charge in [-0.3, -0.25) is 9.97 Å². The molecule has 0 unspecified atom stereocenters. The molecule has 0 aromatic carbocycles. The second-order valence-corrected chi connectivity index (χ2v) is 3.32. The van der Waals surface area contributed by atoms with Crippen LogP contribution in [-0.2, 0) is 4.74 Å². The van der Waals surface area contributed by atoms with Crippen molar-refractivity contribution in [3.8, 4) is 11.3 Å². The van der Waals surface area contributed by atoms with Crippen LogP contribution >= 0.6 is 0 Å². The van der Waals surface area contributed by atoms with Crippen molar-refractivity contribution in [3.63, 3.8) is 0 Å². The van der Waals surface area contributed by atoms with Crippen LogP contribution in [-0.4, -0.2) is 23.0 Å².